The lowest BCUT2D eigenvalue weighted by molar-refractivity contribution is 0.469. The van der Waals surface area contributed by atoms with Gasteiger partial charge in [-0.3, -0.25) is 4.31 Å². The van der Waals surface area contributed by atoms with Gasteiger partial charge in [-0.25, -0.2) is 0 Å². The summed E-state index contributed by atoms with van der Waals surface area (Å²) in [6.45, 7) is 3.32. The lowest BCUT2D eigenvalue weighted by Gasteiger charge is -2.42. The molecule has 0 atom stereocenters. The molecule has 0 saturated carbocycles. The highest BCUT2D eigenvalue weighted by atomic mass is 32.3. The van der Waals surface area contributed by atoms with Crippen LogP contribution in [0, 0.1) is 0 Å². The van der Waals surface area contributed by atoms with E-state index < -0.39 is 10.4 Å². The molecule has 0 aliphatic carbocycles. The first-order chi connectivity index (χ1) is 6.59. The number of nitrogens with zero attached hydrogens (tertiary/aromatic N) is 2. The Labute approximate surface area is 92.8 Å². The molecule has 0 bridgehead atoms. The second-order valence-corrected chi connectivity index (χ2v) is 7.57. The normalized spacial score (nSPS) is 25.3. The van der Waals surface area contributed by atoms with Crippen LogP contribution >= 0.6 is 10.4 Å². The van der Waals surface area contributed by atoms with Gasteiger partial charge in [0.1, 0.15) is 0 Å². The fourth-order valence-corrected chi connectivity index (χ4v) is 3.68. The van der Waals surface area contributed by atoms with Crippen molar-refractivity contribution in [2.75, 3.05) is 32.1 Å². The van der Waals surface area contributed by atoms with Gasteiger partial charge in [0, 0.05) is 19.6 Å². The van der Waals surface area contributed by atoms with Crippen LogP contribution in [0.25, 0.3) is 0 Å². The third-order valence-corrected chi connectivity index (χ3v) is 5.85. The SMILES string of the molecule is [B]CCCCCN1CCN([B])S1(C)C. The summed E-state index contributed by atoms with van der Waals surface area (Å²) in [5, 5.41) is 0. The highest BCUT2D eigenvalue weighted by molar-refractivity contribution is 8.29. The second kappa shape index (κ2) is 5.47. The molecule has 5 heteroatoms. The van der Waals surface area contributed by atoms with Crippen LogP contribution < -0.4 is 0 Å². The van der Waals surface area contributed by atoms with Gasteiger partial charge >= 0.3 is 0 Å². The molecule has 1 heterocycles. The zero-order valence-electron chi connectivity index (χ0n) is 9.41. The molecule has 1 rings (SSSR count). The second-order valence-electron chi connectivity index (χ2n) is 4.14. The Hall–Kier alpha value is 0.400. The van der Waals surface area contributed by atoms with Crippen molar-refractivity contribution in [3.63, 3.8) is 0 Å². The van der Waals surface area contributed by atoms with Crippen molar-refractivity contribution < 1.29 is 0 Å². The molecule has 0 spiro atoms. The van der Waals surface area contributed by atoms with Crippen molar-refractivity contribution in [3.05, 3.63) is 0 Å². The molecule has 1 saturated heterocycles. The lowest BCUT2D eigenvalue weighted by atomic mass is 9.99. The summed E-state index contributed by atoms with van der Waals surface area (Å²) in [7, 11) is 10.6. The number of unbranched alkanes of at least 4 members (excludes halogenated alkanes) is 2. The van der Waals surface area contributed by atoms with Crippen molar-refractivity contribution in [3.8, 4) is 0 Å². The molecule has 14 heavy (non-hydrogen) atoms. The van der Waals surface area contributed by atoms with Crippen LogP contribution in [0.2, 0.25) is 6.32 Å². The molecule has 0 aromatic rings. The summed E-state index contributed by atoms with van der Waals surface area (Å²) in [6, 6.07) is 0. The molecule has 4 radical (unpaired) electrons. The first-order valence-corrected chi connectivity index (χ1v) is 7.66. The Balaban J connectivity index is 2.25. The Kier molecular flexibility index (Phi) is 4.88. The van der Waals surface area contributed by atoms with Crippen molar-refractivity contribution in [1.29, 1.82) is 0 Å². The van der Waals surface area contributed by atoms with E-state index in [1.807, 2.05) is 4.22 Å². The Bertz CT molecular complexity index is 178. The summed E-state index contributed by atoms with van der Waals surface area (Å²) in [6.07, 6.45) is 9.00. The summed E-state index contributed by atoms with van der Waals surface area (Å²) in [4.78, 5) is 0. The van der Waals surface area contributed by atoms with Crippen LogP contribution in [0.4, 0.5) is 0 Å². The van der Waals surface area contributed by atoms with Crippen LogP contribution in [0.1, 0.15) is 19.3 Å². The van der Waals surface area contributed by atoms with E-state index >= 15 is 0 Å². The van der Waals surface area contributed by atoms with E-state index in [-0.39, 0.29) is 0 Å². The molecule has 1 aliphatic heterocycles. The van der Waals surface area contributed by atoms with Gasteiger partial charge in [0.05, 0.1) is 7.85 Å². The van der Waals surface area contributed by atoms with Crippen LogP contribution in [-0.2, 0) is 0 Å². The zero-order chi connectivity index (χ0) is 10.6. The number of hydrogen-bond donors (Lipinski definition) is 0. The van der Waals surface area contributed by atoms with Gasteiger partial charge in [-0.15, -0.1) is 10.4 Å². The van der Waals surface area contributed by atoms with E-state index in [2.05, 4.69) is 16.8 Å². The van der Waals surface area contributed by atoms with E-state index in [9.17, 15) is 0 Å². The predicted octanol–water partition coefficient (Wildman–Crippen LogP) is 1.34. The van der Waals surface area contributed by atoms with E-state index in [0.717, 1.165) is 25.8 Å². The Morgan fingerprint density at radius 3 is 2.36 bits per heavy atom. The van der Waals surface area contributed by atoms with Crippen molar-refractivity contribution in [1.82, 2.24) is 8.52 Å². The summed E-state index contributed by atoms with van der Waals surface area (Å²) < 4.78 is 4.54. The summed E-state index contributed by atoms with van der Waals surface area (Å²) >= 11 is 0. The van der Waals surface area contributed by atoms with Gasteiger partial charge in [-0.1, -0.05) is 19.2 Å². The molecular formula is C9H20B2N2S. The van der Waals surface area contributed by atoms with Gasteiger partial charge in [0.2, 0.25) is 0 Å². The molecule has 0 amide bonds. The molecule has 1 aliphatic rings. The van der Waals surface area contributed by atoms with E-state index in [4.69, 9.17) is 15.8 Å². The third-order valence-electron chi connectivity index (χ3n) is 2.89. The average Bonchev–Trinajstić information content (AvgIpc) is 2.38. The summed E-state index contributed by atoms with van der Waals surface area (Å²) in [5.41, 5.74) is 0. The van der Waals surface area contributed by atoms with Crippen LogP contribution in [0.15, 0.2) is 0 Å². The predicted molar refractivity (Wildman–Crippen MR) is 67.9 cm³/mol. The number of hydrogen-bond acceptors (Lipinski definition) is 2. The van der Waals surface area contributed by atoms with Gasteiger partial charge < -0.3 is 4.22 Å². The Morgan fingerprint density at radius 2 is 1.86 bits per heavy atom. The molecule has 0 unspecified atom stereocenters. The monoisotopic (exact) mass is 210 g/mol. The van der Waals surface area contributed by atoms with Crippen LogP contribution in [0.5, 0.6) is 0 Å². The first-order valence-electron chi connectivity index (χ1n) is 5.30. The molecule has 0 aromatic carbocycles. The van der Waals surface area contributed by atoms with Gasteiger partial charge in [-0.2, -0.15) is 0 Å². The van der Waals surface area contributed by atoms with Crippen molar-refractivity contribution in [2.45, 2.75) is 25.6 Å². The van der Waals surface area contributed by atoms with Gasteiger partial charge in [-0.05, 0) is 18.9 Å². The maximum Gasteiger partial charge on any atom is 0.199 e. The maximum absolute atomic E-state index is 5.94. The van der Waals surface area contributed by atoms with E-state index in [1.165, 1.54) is 19.4 Å². The smallest absolute Gasteiger partial charge is 0.199 e. The molecule has 1 fully saturated rings. The van der Waals surface area contributed by atoms with Gasteiger partial charge in [0.15, 0.2) is 7.98 Å². The van der Waals surface area contributed by atoms with Gasteiger partial charge in [0.25, 0.3) is 0 Å². The lowest BCUT2D eigenvalue weighted by Crippen LogP contribution is -2.27. The van der Waals surface area contributed by atoms with Crippen LogP contribution in [-0.4, -0.2) is 56.5 Å². The summed E-state index contributed by atoms with van der Waals surface area (Å²) in [5.74, 6) is 0. The molecule has 78 valence electrons. The van der Waals surface area contributed by atoms with E-state index in [0.29, 0.717) is 0 Å². The third kappa shape index (κ3) is 2.94. The fourth-order valence-electron chi connectivity index (χ4n) is 1.75. The minimum absolute atomic E-state index is 0.819. The molecular weight excluding hydrogens is 190 g/mol. The minimum atomic E-state index is -0.840. The van der Waals surface area contributed by atoms with E-state index in [1.54, 1.807) is 0 Å². The largest absolute Gasteiger partial charge is 0.308 e. The van der Waals surface area contributed by atoms with Crippen molar-refractivity contribution in [2.24, 2.45) is 0 Å². The number of rotatable bonds is 5. The molecule has 2 nitrogen and oxygen atoms in total. The quantitative estimate of drug-likeness (QED) is 0.499. The highest BCUT2D eigenvalue weighted by Gasteiger charge is 2.30. The first kappa shape index (κ1) is 12.5. The standard InChI is InChI=1S/C9H20B2N2S/c1-14(2)12(8-9-13(14)11)7-5-3-4-6-10/h3-9H2,1-2H3. The topological polar surface area (TPSA) is 6.48 Å². The maximum atomic E-state index is 5.94. The van der Waals surface area contributed by atoms with Crippen molar-refractivity contribution >= 4 is 26.2 Å². The highest BCUT2D eigenvalue weighted by Crippen LogP contribution is 2.50. The Morgan fingerprint density at radius 1 is 1.14 bits per heavy atom. The zero-order valence-corrected chi connectivity index (χ0v) is 10.2. The molecule has 0 aromatic heterocycles. The molecule has 0 N–H and O–H groups in total. The fraction of sp³-hybridized carbons (Fsp3) is 1.00. The van der Waals surface area contributed by atoms with Crippen LogP contribution in [0.3, 0.4) is 0 Å². The minimum Gasteiger partial charge on any atom is -0.308 e. The average molecular weight is 210 g/mol.